The minimum atomic E-state index is -5.75. The summed E-state index contributed by atoms with van der Waals surface area (Å²) in [6, 6.07) is 0. The lowest BCUT2D eigenvalue weighted by Crippen LogP contribution is -2.59. The van der Waals surface area contributed by atoms with E-state index in [-0.39, 0.29) is 0 Å². The Morgan fingerprint density at radius 1 is 1.35 bits per heavy atom. The Morgan fingerprint density at radius 2 is 1.88 bits per heavy atom. The van der Waals surface area contributed by atoms with Crippen LogP contribution >= 0.6 is 0 Å². The van der Waals surface area contributed by atoms with Gasteiger partial charge in [-0.25, -0.2) is 4.79 Å². The van der Waals surface area contributed by atoms with Crippen LogP contribution < -0.4 is 0 Å². The molecule has 1 saturated heterocycles. The summed E-state index contributed by atoms with van der Waals surface area (Å²) in [5, 5.41) is 0. The molecule has 1 aliphatic heterocycles. The lowest BCUT2D eigenvalue weighted by atomic mass is 10.0. The maximum atomic E-state index is 12.0. The van der Waals surface area contributed by atoms with Gasteiger partial charge in [0.05, 0.1) is 13.2 Å². The van der Waals surface area contributed by atoms with E-state index in [1.54, 1.807) is 0 Å². The van der Waals surface area contributed by atoms with Crippen LogP contribution in [0.5, 0.6) is 0 Å². The average Bonchev–Trinajstić information content (AvgIpc) is 2.20. The topological polar surface area (TPSA) is 78.9 Å². The average molecular weight is 278 g/mol. The maximum Gasteiger partial charge on any atom is 0.523 e. The van der Waals surface area contributed by atoms with E-state index in [0.717, 1.165) is 7.11 Å². The second-order valence-corrected chi connectivity index (χ2v) is 4.81. The van der Waals surface area contributed by atoms with Crippen molar-refractivity contribution in [3.05, 3.63) is 0 Å². The van der Waals surface area contributed by atoms with E-state index in [0.29, 0.717) is 0 Å². The van der Waals surface area contributed by atoms with Crippen molar-refractivity contribution in [3.63, 3.8) is 0 Å². The Morgan fingerprint density at radius 3 is 2.24 bits per heavy atom. The number of ether oxygens (including phenoxy) is 2. The molecule has 0 amide bonds. The molecule has 0 spiro atoms. The lowest BCUT2D eigenvalue weighted by Gasteiger charge is -2.39. The Bertz CT molecular complexity index is 402. The molecule has 17 heavy (non-hydrogen) atoms. The highest BCUT2D eigenvalue weighted by atomic mass is 32.2. The van der Waals surface area contributed by atoms with Gasteiger partial charge in [0.1, 0.15) is 6.10 Å². The zero-order valence-corrected chi connectivity index (χ0v) is 9.54. The molecule has 10 heteroatoms. The molecule has 0 radical (unpaired) electrons. The normalized spacial score (nSPS) is 29.6. The van der Waals surface area contributed by atoms with Gasteiger partial charge in [-0.15, -0.1) is 0 Å². The molecule has 1 rings (SSSR count). The molecule has 0 unspecified atom stereocenters. The second-order valence-electron chi connectivity index (χ2n) is 3.25. The van der Waals surface area contributed by atoms with Crippen molar-refractivity contribution in [2.24, 2.45) is 0 Å². The van der Waals surface area contributed by atoms with Crippen molar-refractivity contribution in [1.29, 1.82) is 0 Å². The number of methoxy groups -OCH3 is 1. The number of hydrogen-bond acceptors (Lipinski definition) is 6. The van der Waals surface area contributed by atoms with E-state index in [1.165, 1.54) is 6.92 Å². The summed E-state index contributed by atoms with van der Waals surface area (Å²) in [5.41, 5.74) is -5.54. The zero-order valence-electron chi connectivity index (χ0n) is 8.72. The smallest absolute Gasteiger partial charge is 0.467 e. The number of alkyl halides is 3. The molecule has 6 nitrogen and oxygen atoms in total. The highest BCUT2D eigenvalue weighted by Crippen LogP contribution is 2.32. The molecular formula is C7H9F3O6S. The number of rotatable bonds is 3. The number of carbonyl (C=O) groups is 1. The summed E-state index contributed by atoms with van der Waals surface area (Å²) in [4.78, 5) is 11.0. The van der Waals surface area contributed by atoms with Crippen molar-refractivity contribution in [2.45, 2.75) is 30.7 Å². The van der Waals surface area contributed by atoms with Crippen molar-refractivity contribution in [1.82, 2.24) is 0 Å². The summed E-state index contributed by atoms with van der Waals surface area (Å²) in [6.07, 6.45) is -3.95. The zero-order chi connectivity index (χ0) is 13.4. The predicted molar refractivity (Wildman–Crippen MR) is 46.2 cm³/mol. The number of esters is 1. The first-order valence-corrected chi connectivity index (χ1v) is 5.74. The predicted octanol–water partition coefficient (Wildman–Crippen LogP) is 0.182. The van der Waals surface area contributed by atoms with Crippen LogP contribution in [0.15, 0.2) is 0 Å². The van der Waals surface area contributed by atoms with Gasteiger partial charge in [0.15, 0.2) is 6.10 Å². The Kier molecular flexibility index (Phi) is 3.69. The Hall–Kier alpha value is -0.870. The van der Waals surface area contributed by atoms with Gasteiger partial charge in [-0.05, 0) is 6.92 Å². The standard InChI is InChI=1S/C7H9F3O6S/c1-3-4(5(15-3)6(11)14-2)16-17(12,13)7(8,9)10/h3-5H,1-2H3/t3-,4+,5+/m1/s1. The summed E-state index contributed by atoms with van der Waals surface area (Å²) in [5.74, 6) is -0.995. The van der Waals surface area contributed by atoms with Crippen LogP contribution in [0.4, 0.5) is 13.2 Å². The van der Waals surface area contributed by atoms with E-state index in [4.69, 9.17) is 4.74 Å². The summed E-state index contributed by atoms with van der Waals surface area (Å²) >= 11 is 0. The minimum absolute atomic E-state index is 0.948. The molecule has 0 bridgehead atoms. The summed E-state index contributed by atoms with van der Waals surface area (Å²) in [6.45, 7) is 1.27. The minimum Gasteiger partial charge on any atom is -0.467 e. The molecule has 1 aliphatic rings. The van der Waals surface area contributed by atoms with Crippen LogP contribution in [-0.4, -0.2) is 45.3 Å². The Labute approximate surface area is 94.8 Å². The first kappa shape index (κ1) is 14.2. The van der Waals surface area contributed by atoms with Gasteiger partial charge in [-0.1, -0.05) is 0 Å². The molecule has 0 saturated carbocycles. The van der Waals surface area contributed by atoms with Crippen molar-refractivity contribution in [3.8, 4) is 0 Å². The molecule has 1 heterocycles. The molecule has 0 aromatic heterocycles. The summed E-state index contributed by atoms with van der Waals surface area (Å²) in [7, 11) is -4.76. The first-order valence-electron chi connectivity index (χ1n) is 4.33. The van der Waals surface area contributed by atoms with Crippen molar-refractivity contribution < 1.29 is 40.0 Å². The number of halogens is 3. The van der Waals surface area contributed by atoms with Crippen LogP contribution in [0.1, 0.15) is 6.92 Å². The first-order chi connectivity index (χ1) is 7.60. The fourth-order valence-corrected chi connectivity index (χ4v) is 1.84. The highest BCUT2D eigenvalue weighted by molar-refractivity contribution is 7.87. The van der Waals surface area contributed by atoms with E-state index in [9.17, 15) is 26.4 Å². The third-order valence-electron chi connectivity index (χ3n) is 2.08. The van der Waals surface area contributed by atoms with E-state index >= 15 is 0 Å². The maximum absolute atomic E-state index is 12.0. The lowest BCUT2D eigenvalue weighted by molar-refractivity contribution is -0.220. The molecule has 0 aromatic carbocycles. The quantitative estimate of drug-likeness (QED) is 0.416. The van der Waals surface area contributed by atoms with E-state index < -0.39 is 39.9 Å². The molecule has 0 aromatic rings. The molecule has 0 N–H and O–H groups in total. The highest BCUT2D eigenvalue weighted by Gasteiger charge is 2.55. The molecular weight excluding hydrogens is 269 g/mol. The van der Waals surface area contributed by atoms with Gasteiger partial charge in [0.2, 0.25) is 0 Å². The Balaban J connectivity index is 2.78. The third kappa shape index (κ3) is 2.69. The molecule has 3 atom stereocenters. The van der Waals surface area contributed by atoms with Crippen molar-refractivity contribution >= 4 is 16.1 Å². The van der Waals surface area contributed by atoms with Gasteiger partial charge in [0, 0.05) is 0 Å². The van der Waals surface area contributed by atoms with E-state index in [1.807, 2.05) is 0 Å². The molecule has 100 valence electrons. The van der Waals surface area contributed by atoms with Crippen molar-refractivity contribution in [2.75, 3.05) is 7.11 Å². The van der Waals surface area contributed by atoms with Gasteiger partial charge >= 0.3 is 21.6 Å². The fraction of sp³-hybridized carbons (Fsp3) is 0.857. The van der Waals surface area contributed by atoms with Gasteiger partial charge in [-0.2, -0.15) is 21.6 Å². The van der Waals surface area contributed by atoms with E-state index in [2.05, 4.69) is 8.92 Å². The largest absolute Gasteiger partial charge is 0.523 e. The van der Waals surface area contributed by atoms with Crippen LogP contribution in [-0.2, 0) is 28.6 Å². The SMILES string of the molecule is COC(=O)[C@H]1O[C@H](C)[C@@H]1OS(=O)(=O)C(F)(F)F. The second kappa shape index (κ2) is 4.42. The third-order valence-corrected chi connectivity index (χ3v) is 3.12. The molecule has 1 fully saturated rings. The fourth-order valence-electron chi connectivity index (χ4n) is 1.18. The summed E-state index contributed by atoms with van der Waals surface area (Å²) < 4.78 is 70.3. The van der Waals surface area contributed by atoms with Gasteiger partial charge in [0.25, 0.3) is 0 Å². The molecule has 0 aliphatic carbocycles. The monoisotopic (exact) mass is 278 g/mol. The van der Waals surface area contributed by atoms with Crippen LogP contribution in [0.3, 0.4) is 0 Å². The number of carbonyl (C=O) groups excluding carboxylic acids is 1. The van der Waals surface area contributed by atoms with Crippen LogP contribution in [0.2, 0.25) is 0 Å². The van der Waals surface area contributed by atoms with Gasteiger partial charge < -0.3 is 9.47 Å². The van der Waals surface area contributed by atoms with Crippen LogP contribution in [0, 0.1) is 0 Å². The number of hydrogen-bond donors (Lipinski definition) is 0. The van der Waals surface area contributed by atoms with Gasteiger partial charge in [-0.3, -0.25) is 4.18 Å². The van der Waals surface area contributed by atoms with Crippen LogP contribution in [0.25, 0.3) is 0 Å².